The molecule has 5 rings (SSSR count). The average Bonchev–Trinajstić information content (AvgIpc) is 3.20. The lowest BCUT2D eigenvalue weighted by Gasteiger charge is -2.36. The molecule has 0 bridgehead atoms. The molecule has 2 aromatic carbocycles. The number of nitrogens with one attached hydrogen (secondary N) is 1. The number of piperazine rings is 1. The first-order valence-corrected chi connectivity index (χ1v) is 13.8. The second-order valence-electron chi connectivity index (χ2n) is 9.98. The SMILES string of the molecule is O=C(CCc1ccccc1)N1CCCN(c2nc(CN3CCN(c4ccccc4Cl)CC3)cc(=O)[nH]2)CC1. The van der Waals surface area contributed by atoms with E-state index in [4.69, 9.17) is 16.6 Å². The van der Waals surface area contributed by atoms with Gasteiger partial charge in [0.15, 0.2) is 0 Å². The van der Waals surface area contributed by atoms with Crippen LogP contribution in [0, 0.1) is 0 Å². The first-order chi connectivity index (χ1) is 18.5. The minimum absolute atomic E-state index is 0.139. The molecule has 2 fully saturated rings. The molecule has 38 heavy (non-hydrogen) atoms. The third kappa shape index (κ3) is 6.74. The fourth-order valence-corrected chi connectivity index (χ4v) is 5.50. The zero-order chi connectivity index (χ0) is 26.3. The van der Waals surface area contributed by atoms with Gasteiger partial charge < -0.3 is 14.7 Å². The van der Waals surface area contributed by atoms with Crippen molar-refractivity contribution in [3.63, 3.8) is 0 Å². The van der Waals surface area contributed by atoms with Crippen LogP contribution < -0.4 is 15.4 Å². The van der Waals surface area contributed by atoms with E-state index in [0.29, 0.717) is 32.0 Å². The fourth-order valence-electron chi connectivity index (χ4n) is 5.24. The van der Waals surface area contributed by atoms with Crippen LogP contribution in [-0.4, -0.2) is 78.0 Å². The van der Waals surface area contributed by atoms with Gasteiger partial charge in [-0.3, -0.25) is 19.5 Å². The number of hydrogen-bond donors (Lipinski definition) is 1. The summed E-state index contributed by atoms with van der Waals surface area (Å²) >= 11 is 6.38. The number of H-pyrrole nitrogens is 1. The Morgan fingerprint density at radius 2 is 1.61 bits per heavy atom. The normalized spacial score (nSPS) is 16.9. The van der Waals surface area contributed by atoms with E-state index in [-0.39, 0.29) is 11.5 Å². The molecule has 2 aliphatic rings. The molecule has 1 amide bonds. The van der Waals surface area contributed by atoms with E-state index in [1.54, 1.807) is 6.07 Å². The predicted octanol–water partition coefficient (Wildman–Crippen LogP) is 3.42. The van der Waals surface area contributed by atoms with E-state index in [1.807, 2.05) is 41.3 Å². The molecule has 0 spiro atoms. The molecular weight excluding hydrogens is 500 g/mol. The monoisotopic (exact) mass is 534 g/mol. The van der Waals surface area contributed by atoms with Crippen molar-refractivity contribution in [2.45, 2.75) is 25.8 Å². The highest BCUT2D eigenvalue weighted by atomic mass is 35.5. The maximum Gasteiger partial charge on any atom is 0.252 e. The Kier molecular flexibility index (Phi) is 8.61. The van der Waals surface area contributed by atoms with E-state index < -0.39 is 0 Å². The summed E-state index contributed by atoms with van der Waals surface area (Å²) in [5, 5.41) is 0.774. The fraction of sp³-hybridized carbons (Fsp3) is 0.414. The van der Waals surface area contributed by atoms with Crippen LogP contribution in [0.15, 0.2) is 65.5 Å². The molecule has 0 saturated carbocycles. The smallest absolute Gasteiger partial charge is 0.252 e. The number of aromatic nitrogens is 2. The number of nitrogens with zero attached hydrogens (tertiary/aromatic N) is 5. The van der Waals surface area contributed by atoms with Gasteiger partial charge in [0.25, 0.3) is 5.56 Å². The van der Waals surface area contributed by atoms with Gasteiger partial charge >= 0.3 is 0 Å². The minimum Gasteiger partial charge on any atom is -0.368 e. The van der Waals surface area contributed by atoms with Gasteiger partial charge in [0.1, 0.15) is 0 Å². The Labute approximate surface area is 228 Å². The molecule has 1 N–H and O–H groups in total. The number of aromatic amines is 1. The molecule has 9 heteroatoms. The average molecular weight is 535 g/mol. The molecule has 200 valence electrons. The molecule has 0 aliphatic carbocycles. The second-order valence-corrected chi connectivity index (χ2v) is 10.4. The Balaban J connectivity index is 1.15. The second kappa shape index (κ2) is 12.5. The van der Waals surface area contributed by atoms with Gasteiger partial charge in [0.05, 0.1) is 16.4 Å². The molecule has 3 heterocycles. The number of carbonyl (C=O) groups is 1. The van der Waals surface area contributed by atoms with Crippen molar-refractivity contribution in [2.24, 2.45) is 0 Å². The van der Waals surface area contributed by atoms with Crippen LogP contribution in [-0.2, 0) is 17.8 Å². The van der Waals surface area contributed by atoms with Crippen LogP contribution in [0.5, 0.6) is 0 Å². The van der Waals surface area contributed by atoms with Crippen molar-refractivity contribution in [1.82, 2.24) is 19.8 Å². The largest absolute Gasteiger partial charge is 0.368 e. The molecule has 8 nitrogen and oxygen atoms in total. The third-order valence-corrected chi connectivity index (χ3v) is 7.67. The molecule has 0 atom stereocenters. The first-order valence-electron chi connectivity index (χ1n) is 13.4. The number of anilines is 2. The number of amides is 1. The highest BCUT2D eigenvalue weighted by Crippen LogP contribution is 2.26. The van der Waals surface area contributed by atoms with Gasteiger partial charge in [0, 0.05) is 71.4 Å². The Hall–Kier alpha value is -3.36. The summed E-state index contributed by atoms with van der Waals surface area (Å²) in [5.74, 6) is 0.780. The number of halogens is 1. The van der Waals surface area contributed by atoms with E-state index in [0.717, 1.165) is 68.5 Å². The lowest BCUT2D eigenvalue weighted by atomic mass is 10.1. The van der Waals surface area contributed by atoms with Gasteiger partial charge in [-0.1, -0.05) is 54.1 Å². The summed E-state index contributed by atoms with van der Waals surface area (Å²) in [7, 11) is 0. The van der Waals surface area contributed by atoms with Crippen LogP contribution in [0.25, 0.3) is 0 Å². The van der Waals surface area contributed by atoms with Crippen LogP contribution in [0.2, 0.25) is 5.02 Å². The van der Waals surface area contributed by atoms with Gasteiger partial charge in [-0.25, -0.2) is 4.98 Å². The maximum absolute atomic E-state index is 12.8. The van der Waals surface area contributed by atoms with Crippen LogP contribution in [0.1, 0.15) is 24.1 Å². The Morgan fingerprint density at radius 3 is 2.39 bits per heavy atom. The lowest BCUT2D eigenvalue weighted by Crippen LogP contribution is -2.46. The summed E-state index contributed by atoms with van der Waals surface area (Å²) in [6.45, 7) is 6.89. The third-order valence-electron chi connectivity index (χ3n) is 7.35. The minimum atomic E-state index is -0.139. The van der Waals surface area contributed by atoms with Crippen molar-refractivity contribution < 1.29 is 4.79 Å². The van der Waals surface area contributed by atoms with Gasteiger partial charge in [-0.2, -0.15) is 0 Å². The number of carbonyl (C=O) groups excluding carboxylic acids is 1. The highest BCUT2D eigenvalue weighted by molar-refractivity contribution is 6.33. The number of para-hydroxylation sites is 1. The quantitative estimate of drug-likeness (QED) is 0.500. The number of aryl methyl sites for hydroxylation is 1. The lowest BCUT2D eigenvalue weighted by molar-refractivity contribution is -0.130. The van der Waals surface area contributed by atoms with Crippen LogP contribution in [0.4, 0.5) is 11.6 Å². The van der Waals surface area contributed by atoms with Crippen molar-refractivity contribution >= 4 is 29.1 Å². The number of benzene rings is 2. The molecule has 0 radical (unpaired) electrons. The predicted molar refractivity (Wildman–Crippen MR) is 152 cm³/mol. The van der Waals surface area contributed by atoms with E-state index >= 15 is 0 Å². The Bertz CT molecular complexity index is 1280. The summed E-state index contributed by atoms with van der Waals surface area (Å²) in [4.78, 5) is 41.8. The summed E-state index contributed by atoms with van der Waals surface area (Å²) in [5.41, 5.74) is 2.88. The van der Waals surface area contributed by atoms with Crippen molar-refractivity contribution in [2.75, 3.05) is 62.2 Å². The first kappa shape index (κ1) is 26.3. The molecular formula is C29H35ClN6O2. The Morgan fingerprint density at radius 1 is 0.868 bits per heavy atom. The van der Waals surface area contributed by atoms with Crippen LogP contribution >= 0.6 is 11.6 Å². The van der Waals surface area contributed by atoms with Crippen molar-refractivity contribution in [1.29, 1.82) is 0 Å². The summed E-state index contributed by atoms with van der Waals surface area (Å²) < 4.78 is 0. The molecule has 2 aliphatic heterocycles. The highest BCUT2D eigenvalue weighted by Gasteiger charge is 2.22. The summed E-state index contributed by atoms with van der Waals surface area (Å²) in [6.07, 6.45) is 2.11. The van der Waals surface area contributed by atoms with Crippen molar-refractivity contribution in [3.05, 3.63) is 87.3 Å². The zero-order valence-electron chi connectivity index (χ0n) is 21.7. The van der Waals surface area contributed by atoms with Gasteiger partial charge in [0.2, 0.25) is 11.9 Å². The van der Waals surface area contributed by atoms with Crippen molar-refractivity contribution in [3.8, 4) is 0 Å². The molecule has 0 unspecified atom stereocenters. The topological polar surface area (TPSA) is 75.8 Å². The van der Waals surface area contributed by atoms with E-state index in [2.05, 4.69) is 37.9 Å². The molecule has 1 aromatic heterocycles. The standard InChI is InChI=1S/C29H35ClN6O2/c30-25-9-4-5-10-26(25)34-17-15-33(16-18-34)22-24-21-27(37)32-29(31-24)36-14-6-13-35(19-20-36)28(38)12-11-23-7-2-1-3-8-23/h1-5,7-10,21H,6,11-20,22H2,(H,31,32,37). The van der Waals surface area contributed by atoms with Gasteiger partial charge in [-0.05, 0) is 30.5 Å². The summed E-state index contributed by atoms with van der Waals surface area (Å²) in [6, 6.07) is 19.7. The number of rotatable bonds is 7. The van der Waals surface area contributed by atoms with E-state index in [1.165, 1.54) is 5.56 Å². The van der Waals surface area contributed by atoms with E-state index in [9.17, 15) is 9.59 Å². The van der Waals surface area contributed by atoms with Crippen LogP contribution in [0.3, 0.4) is 0 Å². The zero-order valence-corrected chi connectivity index (χ0v) is 22.4. The molecule has 3 aromatic rings. The maximum atomic E-state index is 12.8. The molecule has 2 saturated heterocycles. The van der Waals surface area contributed by atoms with Gasteiger partial charge in [-0.15, -0.1) is 0 Å². The number of hydrogen-bond acceptors (Lipinski definition) is 6.